The second kappa shape index (κ2) is 7.00. The molecule has 29 heavy (non-hydrogen) atoms. The third-order valence-corrected chi connectivity index (χ3v) is 5.72. The summed E-state index contributed by atoms with van der Waals surface area (Å²) in [5.41, 5.74) is 5.60. The van der Waals surface area contributed by atoms with Crippen LogP contribution in [0, 0.1) is 0 Å². The maximum Gasteiger partial charge on any atom is 0.253 e. The van der Waals surface area contributed by atoms with Gasteiger partial charge in [-0.25, -0.2) is 9.97 Å². The molecule has 1 saturated heterocycles. The summed E-state index contributed by atoms with van der Waals surface area (Å²) in [6.45, 7) is 5.00. The number of fused-ring (bicyclic) bond motifs is 5. The lowest BCUT2D eigenvalue weighted by molar-refractivity contribution is -0.117. The summed E-state index contributed by atoms with van der Waals surface area (Å²) < 4.78 is 5.51. The lowest BCUT2D eigenvalue weighted by atomic mass is 9.91. The van der Waals surface area contributed by atoms with E-state index in [1.807, 2.05) is 6.20 Å². The number of H-pyrrole nitrogens is 1. The molecule has 0 aromatic carbocycles. The molecule has 3 aliphatic rings. The second-order valence-electron chi connectivity index (χ2n) is 7.51. The van der Waals surface area contributed by atoms with Gasteiger partial charge >= 0.3 is 0 Å². The van der Waals surface area contributed by atoms with E-state index in [0.29, 0.717) is 25.7 Å². The van der Waals surface area contributed by atoms with Gasteiger partial charge in [0.05, 0.1) is 42.2 Å². The van der Waals surface area contributed by atoms with E-state index in [2.05, 4.69) is 32.5 Å². The fourth-order valence-electron chi connectivity index (χ4n) is 4.28. The molecular weight excluding hydrogens is 372 g/mol. The molecular formula is C20H22N6O3. The Hall–Kier alpha value is -3.20. The van der Waals surface area contributed by atoms with E-state index in [4.69, 9.17) is 9.72 Å². The molecule has 2 aromatic heterocycles. The minimum absolute atomic E-state index is 0.0106. The summed E-state index contributed by atoms with van der Waals surface area (Å²) in [6, 6.07) is -0.320. The molecule has 0 saturated carbocycles. The van der Waals surface area contributed by atoms with Crippen LogP contribution in [-0.2, 0) is 28.8 Å². The lowest BCUT2D eigenvalue weighted by Crippen LogP contribution is -2.45. The zero-order chi connectivity index (χ0) is 20.0. The largest absolute Gasteiger partial charge is 0.377 e. The zero-order valence-corrected chi connectivity index (χ0v) is 15.9. The molecule has 0 radical (unpaired) electrons. The van der Waals surface area contributed by atoms with Gasteiger partial charge in [-0.2, -0.15) is 0 Å². The molecule has 1 fully saturated rings. The number of aromatic nitrogens is 3. The third kappa shape index (κ3) is 3.07. The van der Waals surface area contributed by atoms with Gasteiger partial charge in [-0.15, -0.1) is 0 Å². The Labute approximate surface area is 167 Å². The van der Waals surface area contributed by atoms with Gasteiger partial charge in [-0.05, 0) is 30.0 Å². The van der Waals surface area contributed by atoms with E-state index in [1.54, 1.807) is 0 Å². The van der Waals surface area contributed by atoms with Crippen LogP contribution in [0.15, 0.2) is 18.9 Å². The normalized spacial score (nSPS) is 22.1. The van der Waals surface area contributed by atoms with Gasteiger partial charge in [0.1, 0.15) is 0 Å². The maximum atomic E-state index is 12.3. The average Bonchev–Trinajstić information content (AvgIpc) is 3.32. The summed E-state index contributed by atoms with van der Waals surface area (Å²) >= 11 is 0. The van der Waals surface area contributed by atoms with E-state index in [0.717, 1.165) is 53.0 Å². The smallest absolute Gasteiger partial charge is 0.253 e. The van der Waals surface area contributed by atoms with Crippen molar-refractivity contribution < 1.29 is 14.3 Å². The van der Waals surface area contributed by atoms with Crippen LogP contribution >= 0.6 is 0 Å². The molecule has 0 bridgehead atoms. The van der Waals surface area contributed by atoms with E-state index in [-0.39, 0.29) is 23.9 Å². The van der Waals surface area contributed by atoms with Crippen molar-refractivity contribution in [2.75, 3.05) is 25.1 Å². The standard InChI is InChI=1S/C20H22N6O3/c1-2-15(27)23-13-8-29-9-14(13)25-20-22-7-10-3-4-11-16-12(5-6-21-19(16)28)24-18(11)17(10)26-20/h2,7,13-14,24H,1,3-6,8-9H2,(H,21,28)(H,23,27)(H,22,25,26). The van der Waals surface area contributed by atoms with E-state index >= 15 is 0 Å². The highest BCUT2D eigenvalue weighted by molar-refractivity contribution is 6.00. The van der Waals surface area contributed by atoms with Crippen LogP contribution in [-0.4, -0.2) is 58.6 Å². The van der Waals surface area contributed by atoms with Crippen LogP contribution in [0.1, 0.15) is 27.2 Å². The van der Waals surface area contributed by atoms with E-state index in [1.165, 1.54) is 6.08 Å². The van der Waals surface area contributed by atoms with Crippen molar-refractivity contribution in [1.82, 2.24) is 25.6 Å². The number of hydrogen-bond donors (Lipinski definition) is 4. The molecule has 5 rings (SSSR count). The number of hydrogen-bond acceptors (Lipinski definition) is 6. The van der Waals surface area contributed by atoms with Crippen molar-refractivity contribution in [3.63, 3.8) is 0 Å². The molecule has 2 atom stereocenters. The minimum atomic E-state index is -0.237. The molecule has 2 aromatic rings. The highest BCUT2D eigenvalue weighted by Crippen LogP contribution is 2.36. The molecule has 9 heteroatoms. The topological polar surface area (TPSA) is 121 Å². The van der Waals surface area contributed by atoms with Gasteiger partial charge in [0, 0.05) is 24.9 Å². The third-order valence-electron chi connectivity index (χ3n) is 5.72. The van der Waals surface area contributed by atoms with Crippen molar-refractivity contribution >= 4 is 17.8 Å². The van der Waals surface area contributed by atoms with Crippen molar-refractivity contribution in [2.24, 2.45) is 0 Å². The summed E-state index contributed by atoms with van der Waals surface area (Å²) in [4.78, 5) is 36.6. The van der Waals surface area contributed by atoms with Gasteiger partial charge in [0.15, 0.2) is 0 Å². The Morgan fingerprint density at radius 3 is 3.00 bits per heavy atom. The van der Waals surface area contributed by atoms with Gasteiger partial charge in [-0.1, -0.05) is 6.58 Å². The van der Waals surface area contributed by atoms with Crippen LogP contribution in [0.4, 0.5) is 5.95 Å². The number of nitrogens with one attached hydrogen (secondary N) is 4. The zero-order valence-electron chi connectivity index (χ0n) is 15.9. The van der Waals surface area contributed by atoms with Crippen molar-refractivity contribution in [3.05, 3.63) is 41.2 Å². The first-order valence-corrected chi connectivity index (χ1v) is 9.79. The highest BCUT2D eigenvalue weighted by Gasteiger charge is 2.32. The van der Waals surface area contributed by atoms with E-state index in [9.17, 15) is 9.59 Å². The minimum Gasteiger partial charge on any atom is -0.377 e. The Kier molecular flexibility index (Phi) is 4.31. The molecule has 9 nitrogen and oxygen atoms in total. The van der Waals surface area contributed by atoms with Crippen LogP contribution in [0.2, 0.25) is 0 Å². The molecule has 4 N–H and O–H groups in total. The number of carbonyl (C=O) groups is 2. The van der Waals surface area contributed by atoms with Crippen LogP contribution in [0.3, 0.4) is 0 Å². The first-order chi connectivity index (χ1) is 14.1. The molecule has 0 spiro atoms. The Morgan fingerprint density at radius 1 is 1.28 bits per heavy atom. The number of carbonyl (C=O) groups excluding carboxylic acids is 2. The number of anilines is 1. The van der Waals surface area contributed by atoms with Crippen molar-refractivity contribution in [3.8, 4) is 11.4 Å². The number of ether oxygens (including phenoxy) is 1. The summed E-state index contributed by atoms with van der Waals surface area (Å²) in [5, 5.41) is 9.07. The fraction of sp³-hybridized carbons (Fsp3) is 0.400. The Balaban J connectivity index is 1.44. The van der Waals surface area contributed by atoms with Crippen LogP contribution < -0.4 is 16.0 Å². The number of aromatic amines is 1. The number of rotatable bonds is 4. The van der Waals surface area contributed by atoms with Crippen molar-refractivity contribution in [1.29, 1.82) is 0 Å². The SMILES string of the molecule is C=CC(=O)NC1COCC1Nc1ncc2c(n1)-c1[nH]c3c(c1CC2)C(=O)NCC3. The van der Waals surface area contributed by atoms with Gasteiger partial charge in [0.25, 0.3) is 5.91 Å². The average molecular weight is 394 g/mol. The predicted molar refractivity (Wildman–Crippen MR) is 106 cm³/mol. The molecule has 2 unspecified atom stereocenters. The number of nitrogens with zero attached hydrogens (tertiary/aromatic N) is 2. The van der Waals surface area contributed by atoms with E-state index < -0.39 is 0 Å². The quantitative estimate of drug-likeness (QED) is 0.555. The van der Waals surface area contributed by atoms with Gasteiger partial charge < -0.3 is 25.7 Å². The van der Waals surface area contributed by atoms with Crippen molar-refractivity contribution in [2.45, 2.75) is 31.3 Å². The Bertz CT molecular complexity index is 1010. The predicted octanol–water partition coefficient (Wildman–Crippen LogP) is 0.338. The first kappa shape index (κ1) is 17.9. The van der Waals surface area contributed by atoms with Crippen LogP contribution in [0.25, 0.3) is 11.4 Å². The maximum absolute atomic E-state index is 12.3. The van der Waals surface area contributed by atoms with Gasteiger partial charge in [-0.3, -0.25) is 9.59 Å². The van der Waals surface area contributed by atoms with Crippen LogP contribution in [0.5, 0.6) is 0 Å². The lowest BCUT2D eigenvalue weighted by Gasteiger charge is -2.21. The molecule has 1 aliphatic carbocycles. The summed E-state index contributed by atoms with van der Waals surface area (Å²) in [5.74, 6) is 0.226. The molecule has 150 valence electrons. The molecule has 2 amide bonds. The first-order valence-electron chi connectivity index (χ1n) is 9.79. The summed E-state index contributed by atoms with van der Waals surface area (Å²) in [7, 11) is 0. The fourth-order valence-corrected chi connectivity index (χ4v) is 4.28. The Morgan fingerprint density at radius 2 is 2.14 bits per heavy atom. The second-order valence-corrected chi connectivity index (χ2v) is 7.51. The monoisotopic (exact) mass is 394 g/mol. The molecule has 2 aliphatic heterocycles. The van der Waals surface area contributed by atoms with Gasteiger partial charge in [0.2, 0.25) is 11.9 Å². The summed E-state index contributed by atoms with van der Waals surface area (Å²) in [6.07, 6.45) is 5.47. The number of amides is 2. The molecule has 4 heterocycles. The highest BCUT2D eigenvalue weighted by atomic mass is 16.5. The number of aryl methyl sites for hydroxylation is 1.